The standard InChI is InChI=1S/C15H18N4O/c1-4-8-16-15-17-11(2)9-14(19-15)18-12-6-5-7-13(10-12)20-3/h4-7,9-10H,1,8H2,2-3H3,(H2,16,17,18,19). The molecular formula is C15H18N4O. The Kier molecular flexibility index (Phi) is 4.55. The summed E-state index contributed by atoms with van der Waals surface area (Å²) in [6.45, 7) is 6.22. The van der Waals surface area contributed by atoms with Gasteiger partial charge in [0, 0.05) is 30.1 Å². The van der Waals surface area contributed by atoms with Gasteiger partial charge >= 0.3 is 0 Å². The minimum absolute atomic E-state index is 0.579. The molecule has 0 unspecified atom stereocenters. The molecule has 2 aromatic rings. The Morgan fingerprint density at radius 1 is 1.30 bits per heavy atom. The lowest BCUT2D eigenvalue weighted by Gasteiger charge is -2.10. The van der Waals surface area contributed by atoms with Gasteiger partial charge in [0.2, 0.25) is 5.95 Å². The monoisotopic (exact) mass is 270 g/mol. The van der Waals surface area contributed by atoms with Gasteiger partial charge in [-0.15, -0.1) is 6.58 Å². The van der Waals surface area contributed by atoms with Gasteiger partial charge in [-0.1, -0.05) is 12.1 Å². The van der Waals surface area contributed by atoms with E-state index in [-0.39, 0.29) is 0 Å². The average Bonchev–Trinajstić information content (AvgIpc) is 2.44. The highest BCUT2D eigenvalue weighted by Gasteiger charge is 2.03. The van der Waals surface area contributed by atoms with Gasteiger partial charge in [0.25, 0.3) is 0 Å². The lowest BCUT2D eigenvalue weighted by Crippen LogP contribution is -2.05. The van der Waals surface area contributed by atoms with Crippen molar-refractivity contribution >= 4 is 17.5 Å². The van der Waals surface area contributed by atoms with Crippen molar-refractivity contribution in [1.29, 1.82) is 0 Å². The van der Waals surface area contributed by atoms with Crippen LogP contribution in [-0.4, -0.2) is 23.6 Å². The molecule has 0 saturated carbocycles. The summed E-state index contributed by atoms with van der Waals surface area (Å²) in [4.78, 5) is 8.71. The Balaban J connectivity index is 2.19. The van der Waals surface area contributed by atoms with Gasteiger partial charge in [0.15, 0.2) is 0 Å². The van der Waals surface area contributed by atoms with E-state index in [0.717, 1.165) is 22.9 Å². The number of hydrogen-bond acceptors (Lipinski definition) is 5. The third-order valence-corrected chi connectivity index (χ3v) is 2.60. The summed E-state index contributed by atoms with van der Waals surface area (Å²) in [6, 6.07) is 9.57. The van der Waals surface area contributed by atoms with Gasteiger partial charge < -0.3 is 15.4 Å². The first-order valence-corrected chi connectivity index (χ1v) is 6.33. The number of rotatable bonds is 6. The highest BCUT2D eigenvalue weighted by Crippen LogP contribution is 2.21. The maximum Gasteiger partial charge on any atom is 0.225 e. The molecule has 1 aromatic carbocycles. The molecule has 0 spiro atoms. The fourth-order valence-electron chi connectivity index (χ4n) is 1.72. The number of methoxy groups -OCH3 is 1. The Labute approximate surface area is 118 Å². The average molecular weight is 270 g/mol. The van der Waals surface area contributed by atoms with E-state index in [1.807, 2.05) is 37.3 Å². The number of nitrogens with one attached hydrogen (secondary N) is 2. The minimum atomic E-state index is 0.579. The molecule has 0 radical (unpaired) electrons. The largest absolute Gasteiger partial charge is 0.497 e. The van der Waals surface area contributed by atoms with E-state index in [1.165, 1.54) is 0 Å². The number of aromatic nitrogens is 2. The van der Waals surface area contributed by atoms with Crippen LogP contribution in [0.15, 0.2) is 43.0 Å². The van der Waals surface area contributed by atoms with E-state index in [4.69, 9.17) is 4.74 Å². The van der Waals surface area contributed by atoms with Crippen molar-refractivity contribution in [3.63, 3.8) is 0 Å². The van der Waals surface area contributed by atoms with Crippen LogP contribution in [0.3, 0.4) is 0 Å². The summed E-state index contributed by atoms with van der Waals surface area (Å²) in [5, 5.41) is 6.32. The van der Waals surface area contributed by atoms with Gasteiger partial charge in [-0.2, -0.15) is 4.98 Å². The predicted octanol–water partition coefficient (Wildman–Crippen LogP) is 3.14. The smallest absolute Gasteiger partial charge is 0.225 e. The first-order valence-electron chi connectivity index (χ1n) is 6.33. The van der Waals surface area contributed by atoms with Crippen molar-refractivity contribution in [1.82, 2.24) is 9.97 Å². The van der Waals surface area contributed by atoms with Crippen LogP contribution in [-0.2, 0) is 0 Å². The lowest BCUT2D eigenvalue weighted by molar-refractivity contribution is 0.415. The minimum Gasteiger partial charge on any atom is -0.497 e. The molecule has 104 valence electrons. The maximum atomic E-state index is 5.20. The molecule has 0 aliphatic heterocycles. The molecule has 5 heteroatoms. The summed E-state index contributed by atoms with van der Waals surface area (Å²) in [5.41, 5.74) is 1.80. The third kappa shape index (κ3) is 3.71. The molecule has 1 aromatic heterocycles. The van der Waals surface area contributed by atoms with Gasteiger partial charge in [-0.05, 0) is 19.1 Å². The van der Waals surface area contributed by atoms with Gasteiger partial charge in [-0.25, -0.2) is 4.98 Å². The number of hydrogen-bond donors (Lipinski definition) is 2. The fourth-order valence-corrected chi connectivity index (χ4v) is 1.72. The number of nitrogens with zero attached hydrogens (tertiary/aromatic N) is 2. The van der Waals surface area contributed by atoms with Crippen LogP contribution in [0.5, 0.6) is 5.75 Å². The summed E-state index contributed by atoms with van der Waals surface area (Å²) in [6.07, 6.45) is 1.76. The molecule has 0 aliphatic carbocycles. The normalized spacial score (nSPS) is 9.90. The molecule has 1 heterocycles. The Morgan fingerprint density at radius 3 is 2.90 bits per heavy atom. The SMILES string of the molecule is C=CCNc1nc(C)cc(Nc2cccc(OC)c2)n1. The molecule has 0 atom stereocenters. The van der Waals surface area contributed by atoms with Crippen LogP contribution in [0.25, 0.3) is 0 Å². The van der Waals surface area contributed by atoms with E-state index in [1.54, 1.807) is 13.2 Å². The summed E-state index contributed by atoms with van der Waals surface area (Å²) >= 11 is 0. The van der Waals surface area contributed by atoms with Crippen LogP contribution < -0.4 is 15.4 Å². The van der Waals surface area contributed by atoms with Crippen molar-refractivity contribution in [3.05, 3.63) is 48.7 Å². The molecular weight excluding hydrogens is 252 g/mol. The molecule has 0 fully saturated rings. The Bertz CT molecular complexity index is 598. The second-order valence-electron chi connectivity index (χ2n) is 4.24. The van der Waals surface area contributed by atoms with Crippen LogP contribution in [0.4, 0.5) is 17.5 Å². The summed E-state index contributed by atoms with van der Waals surface area (Å²) in [7, 11) is 1.64. The van der Waals surface area contributed by atoms with Crippen molar-refractivity contribution in [3.8, 4) is 5.75 Å². The molecule has 20 heavy (non-hydrogen) atoms. The van der Waals surface area contributed by atoms with Crippen LogP contribution in [0.1, 0.15) is 5.69 Å². The molecule has 0 aliphatic rings. The molecule has 0 amide bonds. The Hall–Kier alpha value is -2.56. The van der Waals surface area contributed by atoms with Crippen LogP contribution >= 0.6 is 0 Å². The third-order valence-electron chi connectivity index (χ3n) is 2.60. The van der Waals surface area contributed by atoms with E-state index in [9.17, 15) is 0 Å². The zero-order valence-electron chi connectivity index (χ0n) is 11.7. The highest BCUT2D eigenvalue weighted by atomic mass is 16.5. The number of benzene rings is 1. The van der Waals surface area contributed by atoms with Gasteiger partial charge in [0.1, 0.15) is 11.6 Å². The van der Waals surface area contributed by atoms with E-state index in [0.29, 0.717) is 12.5 Å². The topological polar surface area (TPSA) is 59.1 Å². The van der Waals surface area contributed by atoms with Crippen molar-refractivity contribution in [2.75, 3.05) is 24.3 Å². The summed E-state index contributed by atoms with van der Waals surface area (Å²) < 4.78 is 5.20. The first-order chi connectivity index (χ1) is 9.71. The number of anilines is 3. The van der Waals surface area contributed by atoms with Gasteiger partial charge in [-0.3, -0.25) is 0 Å². The lowest BCUT2D eigenvalue weighted by atomic mass is 10.3. The molecule has 0 bridgehead atoms. The van der Waals surface area contributed by atoms with E-state index >= 15 is 0 Å². The molecule has 0 saturated heterocycles. The maximum absolute atomic E-state index is 5.20. The zero-order chi connectivity index (χ0) is 14.4. The molecule has 2 rings (SSSR count). The first kappa shape index (κ1) is 13.9. The molecule has 5 nitrogen and oxygen atoms in total. The van der Waals surface area contributed by atoms with Crippen molar-refractivity contribution in [2.45, 2.75) is 6.92 Å². The second-order valence-corrected chi connectivity index (χ2v) is 4.24. The fraction of sp³-hybridized carbons (Fsp3) is 0.200. The van der Waals surface area contributed by atoms with E-state index < -0.39 is 0 Å². The quantitative estimate of drug-likeness (QED) is 0.790. The van der Waals surface area contributed by atoms with Crippen molar-refractivity contribution < 1.29 is 4.74 Å². The van der Waals surface area contributed by atoms with Gasteiger partial charge in [0.05, 0.1) is 7.11 Å². The van der Waals surface area contributed by atoms with Crippen LogP contribution in [0.2, 0.25) is 0 Å². The molecule has 2 N–H and O–H groups in total. The number of aryl methyl sites for hydroxylation is 1. The van der Waals surface area contributed by atoms with Crippen LogP contribution in [0, 0.1) is 6.92 Å². The predicted molar refractivity (Wildman–Crippen MR) is 81.7 cm³/mol. The Morgan fingerprint density at radius 2 is 2.15 bits per heavy atom. The zero-order valence-corrected chi connectivity index (χ0v) is 11.7. The summed E-state index contributed by atoms with van der Waals surface area (Å²) in [5.74, 6) is 2.11. The second kappa shape index (κ2) is 6.56. The van der Waals surface area contributed by atoms with E-state index in [2.05, 4.69) is 27.2 Å². The number of ether oxygens (including phenoxy) is 1. The van der Waals surface area contributed by atoms with Crippen molar-refractivity contribution in [2.24, 2.45) is 0 Å². The highest BCUT2D eigenvalue weighted by molar-refractivity contribution is 5.59.